The number of carbonyl (C=O) groups excluding carboxylic acids is 1. The number of nitrogens with zero attached hydrogens (tertiary/aromatic N) is 4. The van der Waals surface area contributed by atoms with Gasteiger partial charge in [0.2, 0.25) is 5.91 Å². The highest BCUT2D eigenvalue weighted by molar-refractivity contribution is 7.99. The van der Waals surface area contributed by atoms with Gasteiger partial charge in [0, 0.05) is 25.4 Å². The molecule has 0 bridgehead atoms. The van der Waals surface area contributed by atoms with Crippen LogP contribution in [-0.4, -0.2) is 51.2 Å². The van der Waals surface area contributed by atoms with E-state index in [9.17, 15) is 9.59 Å². The summed E-state index contributed by atoms with van der Waals surface area (Å²) < 4.78 is 0. The summed E-state index contributed by atoms with van der Waals surface area (Å²) in [6.45, 7) is 3.85. The minimum absolute atomic E-state index is 0.258. The van der Waals surface area contributed by atoms with Gasteiger partial charge in [-0.2, -0.15) is 0 Å². The Morgan fingerprint density at radius 1 is 1.55 bits per heavy atom. The summed E-state index contributed by atoms with van der Waals surface area (Å²) in [6.07, 6.45) is 3.25. The summed E-state index contributed by atoms with van der Waals surface area (Å²) in [6, 6.07) is 2.65. The molecule has 1 heterocycles. The van der Waals surface area contributed by atoms with Crippen LogP contribution in [0, 0.1) is 0 Å². The van der Waals surface area contributed by atoms with Gasteiger partial charge in [-0.05, 0) is 19.1 Å². The number of carbonyl (C=O) groups is 2. The molecule has 0 saturated carbocycles. The van der Waals surface area contributed by atoms with Crippen LogP contribution in [0.5, 0.6) is 0 Å². The Morgan fingerprint density at radius 3 is 2.86 bits per heavy atom. The van der Waals surface area contributed by atoms with Crippen LogP contribution in [0.3, 0.4) is 0 Å². The number of carboxylic acid groups (broad SMARTS) is 1. The fourth-order valence-corrected chi connectivity index (χ4v) is 2.42. The number of amides is 1. The molecule has 1 amide bonds. The number of thioether (sulfide) groups is 1. The van der Waals surface area contributed by atoms with Gasteiger partial charge in [0.1, 0.15) is 11.7 Å². The van der Waals surface area contributed by atoms with Crippen molar-refractivity contribution in [3.63, 3.8) is 0 Å². The topological polar surface area (TPSA) is 107 Å². The summed E-state index contributed by atoms with van der Waals surface area (Å²) in [7, 11) is 0. The second-order valence-corrected chi connectivity index (χ2v) is 5.31. The first kappa shape index (κ1) is 17.9. The van der Waals surface area contributed by atoms with Gasteiger partial charge in [-0.15, -0.1) is 16.9 Å². The van der Waals surface area contributed by atoms with Crippen LogP contribution in [0.25, 0.3) is 0 Å². The van der Waals surface area contributed by atoms with Crippen molar-refractivity contribution in [3.05, 3.63) is 24.5 Å². The molecular weight excluding hydrogens is 306 g/mol. The molecule has 2 N–H and O–H groups in total. The van der Waals surface area contributed by atoms with Gasteiger partial charge in [0.15, 0.2) is 0 Å². The van der Waals surface area contributed by atoms with Crippen LogP contribution in [0.1, 0.15) is 13.8 Å². The van der Waals surface area contributed by atoms with Crippen molar-refractivity contribution < 1.29 is 14.7 Å². The molecule has 1 aromatic heterocycles. The standard InChI is InChI=1S/C13H19N5O3S/c1-3-18(17-16-11-5-4-6-14-7-11)9-22-8-12(13(20)21)15-10(2)19/h4-7,12H,3,8-9H2,1-2H3,(H,15,19)(H,20,21). The Balaban J connectivity index is 2.44. The molecule has 0 aliphatic heterocycles. The molecule has 120 valence electrons. The summed E-state index contributed by atoms with van der Waals surface area (Å²) in [4.78, 5) is 25.9. The molecule has 0 aromatic carbocycles. The lowest BCUT2D eigenvalue weighted by Crippen LogP contribution is -2.41. The number of hydrogen-bond donors (Lipinski definition) is 2. The van der Waals surface area contributed by atoms with Crippen LogP contribution < -0.4 is 5.32 Å². The fourth-order valence-electron chi connectivity index (χ4n) is 1.40. The van der Waals surface area contributed by atoms with E-state index < -0.39 is 12.0 Å². The maximum Gasteiger partial charge on any atom is 0.327 e. The average Bonchev–Trinajstić information content (AvgIpc) is 2.50. The van der Waals surface area contributed by atoms with Crippen molar-refractivity contribution in [2.75, 3.05) is 18.2 Å². The normalized spacial score (nSPS) is 12.1. The summed E-state index contributed by atoms with van der Waals surface area (Å²) in [5.41, 5.74) is 0.646. The Bertz CT molecular complexity index is 512. The Labute approximate surface area is 133 Å². The van der Waals surface area contributed by atoms with Gasteiger partial charge in [0.25, 0.3) is 0 Å². The Hall–Kier alpha value is -2.16. The van der Waals surface area contributed by atoms with E-state index >= 15 is 0 Å². The molecule has 0 aliphatic rings. The van der Waals surface area contributed by atoms with E-state index in [-0.39, 0.29) is 11.7 Å². The molecule has 0 fully saturated rings. The predicted molar refractivity (Wildman–Crippen MR) is 83.7 cm³/mol. The lowest BCUT2D eigenvalue weighted by molar-refractivity contribution is -0.140. The molecule has 9 heteroatoms. The third kappa shape index (κ3) is 7.02. The average molecular weight is 325 g/mol. The van der Waals surface area contributed by atoms with E-state index in [4.69, 9.17) is 5.11 Å². The molecular formula is C13H19N5O3S. The summed E-state index contributed by atoms with van der Waals surface area (Å²) in [5.74, 6) is -0.684. The molecule has 0 spiro atoms. The molecule has 1 aromatic rings. The van der Waals surface area contributed by atoms with E-state index in [1.165, 1.54) is 18.7 Å². The lowest BCUT2D eigenvalue weighted by atomic mass is 10.3. The van der Waals surface area contributed by atoms with Crippen LogP contribution in [0.2, 0.25) is 0 Å². The number of aromatic nitrogens is 1. The molecule has 8 nitrogen and oxygen atoms in total. The van der Waals surface area contributed by atoms with Crippen molar-refractivity contribution in [2.45, 2.75) is 19.9 Å². The number of aliphatic carboxylic acids is 1. The van der Waals surface area contributed by atoms with E-state index in [2.05, 4.69) is 20.6 Å². The molecule has 0 aliphatic carbocycles. The van der Waals surface area contributed by atoms with Crippen molar-refractivity contribution in [2.24, 2.45) is 10.3 Å². The van der Waals surface area contributed by atoms with Gasteiger partial charge >= 0.3 is 5.97 Å². The molecule has 22 heavy (non-hydrogen) atoms. The van der Waals surface area contributed by atoms with Crippen LogP contribution in [-0.2, 0) is 9.59 Å². The van der Waals surface area contributed by atoms with E-state index in [1.807, 2.05) is 6.92 Å². The third-order valence-electron chi connectivity index (χ3n) is 2.50. The van der Waals surface area contributed by atoms with E-state index in [0.717, 1.165) is 0 Å². The second-order valence-electron chi connectivity index (χ2n) is 4.31. The SMILES string of the molecule is CCN(CSCC(NC(C)=O)C(=O)O)N=Nc1cccnc1. The Kier molecular flexibility index (Phi) is 7.90. The molecule has 1 unspecified atom stereocenters. The first-order chi connectivity index (χ1) is 10.5. The third-order valence-corrected chi connectivity index (χ3v) is 3.55. The first-order valence-electron chi connectivity index (χ1n) is 6.67. The quantitative estimate of drug-likeness (QED) is 0.406. The number of rotatable bonds is 9. The van der Waals surface area contributed by atoms with Gasteiger partial charge < -0.3 is 10.4 Å². The largest absolute Gasteiger partial charge is 0.480 e. The fraction of sp³-hybridized carbons (Fsp3) is 0.462. The highest BCUT2D eigenvalue weighted by Gasteiger charge is 2.18. The highest BCUT2D eigenvalue weighted by Crippen LogP contribution is 2.12. The summed E-state index contributed by atoms with van der Waals surface area (Å²) in [5, 5.41) is 21.2. The first-order valence-corrected chi connectivity index (χ1v) is 7.82. The lowest BCUT2D eigenvalue weighted by Gasteiger charge is -2.17. The zero-order valence-corrected chi connectivity index (χ0v) is 13.3. The van der Waals surface area contributed by atoms with Gasteiger partial charge in [-0.25, -0.2) is 4.79 Å². The zero-order chi connectivity index (χ0) is 16.4. The number of pyridine rings is 1. The van der Waals surface area contributed by atoms with Gasteiger partial charge in [-0.3, -0.25) is 14.8 Å². The maximum absolute atomic E-state index is 11.0. The second kappa shape index (κ2) is 9.72. The number of carboxylic acids is 1. The summed E-state index contributed by atoms with van der Waals surface area (Å²) >= 11 is 1.36. The van der Waals surface area contributed by atoms with Crippen molar-refractivity contribution in [1.29, 1.82) is 0 Å². The van der Waals surface area contributed by atoms with Crippen LogP contribution in [0.4, 0.5) is 5.69 Å². The minimum Gasteiger partial charge on any atom is -0.480 e. The highest BCUT2D eigenvalue weighted by atomic mass is 32.2. The van der Waals surface area contributed by atoms with E-state index in [0.29, 0.717) is 18.1 Å². The molecule has 0 saturated heterocycles. The van der Waals surface area contributed by atoms with E-state index in [1.54, 1.807) is 29.5 Å². The smallest absolute Gasteiger partial charge is 0.327 e. The van der Waals surface area contributed by atoms with Gasteiger partial charge in [0.05, 0.1) is 12.1 Å². The molecule has 1 rings (SSSR count). The van der Waals surface area contributed by atoms with Crippen LogP contribution in [0.15, 0.2) is 34.9 Å². The maximum atomic E-state index is 11.0. The minimum atomic E-state index is -1.05. The molecule has 0 radical (unpaired) electrons. The van der Waals surface area contributed by atoms with Gasteiger partial charge in [-0.1, -0.05) is 5.22 Å². The predicted octanol–water partition coefficient (Wildman–Crippen LogP) is 1.68. The monoisotopic (exact) mass is 325 g/mol. The molecule has 1 atom stereocenters. The number of hydrogen-bond acceptors (Lipinski definition) is 6. The van der Waals surface area contributed by atoms with Crippen molar-refractivity contribution in [3.8, 4) is 0 Å². The van der Waals surface area contributed by atoms with Crippen molar-refractivity contribution in [1.82, 2.24) is 15.3 Å². The Morgan fingerprint density at radius 2 is 2.32 bits per heavy atom. The zero-order valence-electron chi connectivity index (χ0n) is 12.5. The van der Waals surface area contributed by atoms with Crippen molar-refractivity contribution >= 4 is 29.3 Å². The number of nitrogens with one attached hydrogen (secondary N) is 1. The van der Waals surface area contributed by atoms with Crippen LogP contribution >= 0.6 is 11.8 Å².